The summed E-state index contributed by atoms with van der Waals surface area (Å²) in [6.07, 6.45) is -0.111. The Bertz CT molecular complexity index is 1250. The smallest absolute Gasteiger partial charge is 0.300 e. The van der Waals surface area contributed by atoms with Crippen molar-refractivity contribution in [1.82, 2.24) is 0 Å². The number of halogens is 2. The van der Waals surface area contributed by atoms with Crippen LogP contribution in [0.4, 0.5) is 14.5 Å². The van der Waals surface area contributed by atoms with Crippen LogP contribution in [0.1, 0.15) is 31.0 Å². The lowest BCUT2D eigenvalue weighted by atomic mass is 9.95. The van der Waals surface area contributed by atoms with Crippen LogP contribution in [-0.2, 0) is 9.59 Å². The number of carbonyl (C=O) groups is 2. The molecule has 5 nitrogen and oxygen atoms in total. The molecule has 168 valence electrons. The molecule has 1 fully saturated rings. The number of aliphatic hydroxyl groups excluding tert-OH is 1. The molecule has 0 radical (unpaired) electrons. The highest BCUT2D eigenvalue weighted by Crippen LogP contribution is 2.42. The van der Waals surface area contributed by atoms with Gasteiger partial charge in [0, 0.05) is 11.3 Å². The van der Waals surface area contributed by atoms with E-state index < -0.39 is 35.1 Å². The van der Waals surface area contributed by atoms with Gasteiger partial charge in [0.05, 0.1) is 17.7 Å². The molecule has 0 aliphatic carbocycles. The fraction of sp³-hybridized carbons (Fsp3) is 0.154. The fourth-order valence-corrected chi connectivity index (χ4v) is 3.83. The first-order valence-corrected chi connectivity index (χ1v) is 10.4. The summed E-state index contributed by atoms with van der Waals surface area (Å²) in [4.78, 5) is 27.2. The molecule has 0 spiro atoms. The number of hydrogen-bond acceptors (Lipinski definition) is 4. The van der Waals surface area contributed by atoms with Gasteiger partial charge in [-0.2, -0.15) is 0 Å². The second-order valence-electron chi connectivity index (χ2n) is 7.89. The summed E-state index contributed by atoms with van der Waals surface area (Å²) < 4.78 is 33.2. The normalized spacial score (nSPS) is 17.6. The van der Waals surface area contributed by atoms with Crippen LogP contribution in [0.3, 0.4) is 0 Å². The van der Waals surface area contributed by atoms with Gasteiger partial charge in [-0.3, -0.25) is 14.5 Å². The van der Waals surface area contributed by atoms with Gasteiger partial charge in [0.1, 0.15) is 23.1 Å². The number of ether oxygens (including phenoxy) is 1. The second-order valence-corrected chi connectivity index (χ2v) is 7.89. The van der Waals surface area contributed by atoms with Crippen molar-refractivity contribution in [3.63, 3.8) is 0 Å². The third-order valence-corrected chi connectivity index (χ3v) is 5.20. The highest BCUT2D eigenvalue weighted by Gasteiger charge is 2.47. The first-order chi connectivity index (χ1) is 15.8. The summed E-state index contributed by atoms with van der Waals surface area (Å²) in [5.74, 6) is -2.87. The van der Waals surface area contributed by atoms with E-state index in [0.29, 0.717) is 11.3 Å². The summed E-state index contributed by atoms with van der Waals surface area (Å²) in [7, 11) is 0. The molecule has 0 bridgehead atoms. The lowest BCUT2D eigenvalue weighted by molar-refractivity contribution is -0.132. The minimum Gasteiger partial charge on any atom is -0.507 e. The number of ketones is 1. The van der Waals surface area contributed by atoms with Crippen molar-refractivity contribution in [3.8, 4) is 5.75 Å². The summed E-state index contributed by atoms with van der Waals surface area (Å²) >= 11 is 0. The summed E-state index contributed by atoms with van der Waals surface area (Å²) in [6, 6.07) is 15.9. The lowest BCUT2D eigenvalue weighted by Crippen LogP contribution is -2.29. The highest BCUT2D eigenvalue weighted by molar-refractivity contribution is 6.51. The van der Waals surface area contributed by atoms with Gasteiger partial charge in [-0.1, -0.05) is 30.3 Å². The molecule has 1 unspecified atom stereocenters. The summed E-state index contributed by atoms with van der Waals surface area (Å²) in [5.41, 5.74) is 0.619. The van der Waals surface area contributed by atoms with Crippen molar-refractivity contribution < 1.29 is 28.2 Å². The van der Waals surface area contributed by atoms with Gasteiger partial charge in [-0.15, -0.1) is 0 Å². The third-order valence-electron chi connectivity index (χ3n) is 5.20. The molecule has 7 heteroatoms. The third kappa shape index (κ3) is 4.35. The van der Waals surface area contributed by atoms with Crippen LogP contribution in [-0.4, -0.2) is 22.9 Å². The zero-order valence-electron chi connectivity index (χ0n) is 18.0. The summed E-state index contributed by atoms with van der Waals surface area (Å²) in [6.45, 7) is 3.71. The van der Waals surface area contributed by atoms with Crippen molar-refractivity contribution in [1.29, 1.82) is 0 Å². The van der Waals surface area contributed by atoms with Crippen molar-refractivity contribution in [2.45, 2.75) is 26.0 Å². The first kappa shape index (κ1) is 22.2. The van der Waals surface area contributed by atoms with E-state index in [2.05, 4.69) is 0 Å². The zero-order chi connectivity index (χ0) is 23.7. The molecule has 0 saturated carbocycles. The summed E-state index contributed by atoms with van der Waals surface area (Å²) in [5, 5.41) is 11.1. The van der Waals surface area contributed by atoms with Crippen molar-refractivity contribution >= 4 is 23.1 Å². The molecular formula is C26H21F2NO4. The van der Waals surface area contributed by atoms with Crippen LogP contribution >= 0.6 is 0 Å². The Hall–Kier alpha value is -4.00. The average molecular weight is 449 g/mol. The van der Waals surface area contributed by atoms with Crippen LogP contribution in [0.5, 0.6) is 5.75 Å². The number of amides is 1. The maximum atomic E-state index is 13.9. The van der Waals surface area contributed by atoms with E-state index in [9.17, 15) is 23.5 Å². The molecule has 1 heterocycles. The molecular weight excluding hydrogens is 428 g/mol. The number of benzene rings is 3. The van der Waals surface area contributed by atoms with Crippen LogP contribution in [0.2, 0.25) is 0 Å². The quantitative estimate of drug-likeness (QED) is 0.323. The predicted octanol–water partition coefficient (Wildman–Crippen LogP) is 5.38. The molecule has 3 aromatic carbocycles. The Morgan fingerprint density at radius 1 is 0.939 bits per heavy atom. The number of nitrogens with zero attached hydrogens (tertiary/aromatic N) is 1. The van der Waals surface area contributed by atoms with Crippen LogP contribution in [0.25, 0.3) is 5.76 Å². The van der Waals surface area contributed by atoms with Gasteiger partial charge in [-0.25, -0.2) is 8.78 Å². The minimum absolute atomic E-state index is 0.111. The number of aliphatic hydroxyl groups is 1. The largest absolute Gasteiger partial charge is 0.507 e. The van der Waals surface area contributed by atoms with Crippen LogP contribution in [0, 0.1) is 11.6 Å². The molecule has 0 aromatic heterocycles. The minimum atomic E-state index is -1.08. The van der Waals surface area contributed by atoms with Gasteiger partial charge in [0.2, 0.25) is 0 Å². The Morgan fingerprint density at radius 3 is 2.30 bits per heavy atom. The van der Waals surface area contributed by atoms with E-state index in [1.807, 2.05) is 13.8 Å². The van der Waals surface area contributed by atoms with E-state index in [1.54, 1.807) is 24.3 Å². The van der Waals surface area contributed by atoms with E-state index >= 15 is 0 Å². The van der Waals surface area contributed by atoms with Gasteiger partial charge >= 0.3 is 0 Å². The van der Waals surface area contributed by atoms with Gasteiger partial charge in [0.15, 0.2) is 0 Å². The first-order valence-electron chi connectivity index (χ1n) is 10.4. The number of carbonyl (C=O) groups excluding carboxylic acids is 2. The Kier molecular flexibility index (Phi) is 5.96. The van der Waals surface area contributed by atoms with Crippen molar-refractivity contribution in [2.24, 2.45) is 0 Å². The number of anilines is 1. The molecule has 4 rings (SSSR count). The molecule has 1 aliphatic rings. The van der Waals surface area contributed by atoms with Gasteiger partial charge in [-0.05, 0) is 61.9 Å². The second kappa shape index (κ2) is 8.86. The molecule has 33 heavy (non-hydrogen) atoms. The molecule has 1 N–H and O–H groups in total. The standard InChI is InChI=1S/C26H21F2NO4/c1-15(2)33-21-8-3-5-17(13-21)24(30)22-23(16-9-11-18(27)12-10-16)29(26(32)25(22)31)20-7-4-6-19(28)14-20/h3-15,23,30H,1-2H3/b24-22+. The molecule has 1 atom stereocenters. The van der Waals surface area contributed by atoms with Gasteiger partial charge < -0.3 is 9.84 Å². The Labute approximate surface area is 189 Å². The maximum absolute atomic E-state index is 13.9. The topological polar surface area (TPSA) is 66.8 Å². The highest BCUT2D eigenvalue weighted by atomic mass is 19.1. The van der Waals surface area contributed by atoms with E-state index in [-0.39, 0.29) is 22.9 Å². The number of rotatable bonds is 5. The molecule has 1 saturated heterocycles. The number of Topliss-reactive ketones (excluding diaryl/α,β-unsaturated/α-hetero) is 1. The lowest BCUT2D eigenvalue weighted by Gasteiger charge is -2.25. The predicted molar refractivity (Wildman–Crippen MR) is 120 cm³/mol. The Morgan fingerprint density at radius 2 is 1.64 bits per heavy atom. The number of hydrogen-bond donors (Lipinski definition) is 1. The van der Waals surface area contributed by atoms with Crippen LogP contribution < -0.4 is 9.64 Å². The monoisotopic (exact) mass is 449 g/mol. The molecule has 3 aromatic rings. The zero-order valence-corrected chi connectivity index (χ0v) is 18.0. The fourth-order valence-electron chi connectivity index (χ4n) is 3.83. The van der Waals surface area contributed by atoms with Crippen molar-refractivity contribution in [2.75, 3.05) is 4.90 Å². The van der Waals surface area contributed by atoms with Gasteiger partial charge in [0.25, 0.3) is 11.7 Å². The van der Waals surface area contributed by atoms with Crippen LogP contribution in [0.15, 0.2) is 78.4 Å². The molecule has 1 amide bonds. The van der Waals surface area contributed by atoms with E-state index in [1.165, 1.54) is 42.5 Å². The van der Waals surface area contributed by atoms with Crippen molar-refractivity contribution in [3.05, 3.63) is 101 Å². The molecule has 1 aliphatic heterocycles. The average Bonchev–Trinajstić information content (AvgIpc) is 3.04. The SMILES string of the molecule is CC(C)Oc1cccc(/C(O)=C2\C(=O)C(=O)N(c3cccc(F)c3)C2c2ccc(F)cc2)c1. The Balaban J connectivity index is 1.91. The maximum Gasteiger partial charge on any atom is 0.300 e. The van der Waals surface area contributed by atoms with E-state index in [4.69, 9.17) is 4.74 Å². The van der Waals surface area contributed by atoms with E-state index in [0.717, 1.165) is 11.0 Å².